The Morgan fingerprint density at radius 1 is 1.19 bits per heavy atom. The van der Waals surface area contributed by atoms with Crippen LogP contribution in [0, 0.1) is 0 Å². The molecule has 1 rings (SSSR count). The van der Waals surface area contributed by atoms with E-state index in [1.54, 1.807) is 7.11 Å². The van der Waals surface area contributed by atoms with Crippen LogP contribution < -0.4 is 9.47 Å². The lowest BCUT2D eigenvalue weighted by Crippen LogP contribution is -2.35. The van der Waals surface area contributed by atoms with Crippen LogP contribution in [0.5, 0.6) is 11.5 Å². The predicted octanol–water partition coefficient (Wildman–Crippen LogP) is 1.38. The first-order valence-corrected chi connectivity index (χ1v) is 8.88. The summed E-state index contributed by atoms with van der Waals surface area (Å²) in [5, 5.41) is 10.2. The topological polar surface area (TPSA) is 71.5 Å². The molecule has 7 nitrogen and oxygen atoms in total. The van der Waals surface area contributed by atoms with Gasteiger partial charge < -0.3 is 24.2 Å². The molecule has 1 aromatic rings. The summed E-state index contributed by atoms with van der Waals surface area (Å²) in [6.45, 7) is 7.44. The molecule has 1 N–H and O–H groups in total. The van der Waals surface area contributed by atoms with E-state index in [1.807, 2.05) is 30.1 Å². The van der Waals surface area contributed by atoms with Crippen LogP contribution in [-0.4, -0.2) is 81.0 Å². The van der Waals surface area contributed by atoms with Crippen LogP contribution in [0.4, 0.5) is 0 Å². The molecule has 0 aliphatic carbocycles. The number of hydrogen-bond donors (Lipinski definition) is 1. The SMILES string of the molecule is CCN(CC)C[C@@H](O)COc1cc(CN(C)CC(=O)OC)ccc1OC. The summed E-state index contributed by atoms with van der Waals surface area (Å²) in [5.41, 5.74) is 0.977. The summed E-state index contributed by atoms with van der Waals surface area (Å²) in [7, 11) is 4.80. The number of esters is 1. The van der Waals surface area contributed by atoms with Crippen LogP contribution in [0.25, 0.3) is 0 Å². The normalized spacial score (nSPS) is 12.3. The molecular weight excluding hydrogens is 336 g/mol. The summed E-state index contributed by atoms with van der Waals surface area (Å²) in [6, 6.07) is 5.62. The van der Waals surface area contributed by atoms with E-state index in [-0.39, 0.29) is 19.1 Å². The van der Waals surface area contributed by atoms with Crippen LogP contribution in [0.1, 0.15) is 19.4 Å². The van der Waals surface area contributed by atoms with Gasteiger partial charge in [0.2, 0.25) is 0 Å². The number of benzene rings is 1. The number of hydrogen-bond acceptors (Lipinski definition) is 7. The molecule has 0 amide bonds. The quantitative estimate of drug-likeness (QED) is 0.559. The van der Waals surface area contributed by atoms with Crippen molar-refractivity contribution in [3.8, 4) is 11.5 Å². The number of carbonyl (C=O) groups excluding carboxylic acids is 1. The summed E-state index contributed by atoms with van der Waals surface area (Å²) < 4.78 is 15.8. The molecule has 1 atom stereocenters. The maximum absolute atomic E-state index is 11.4. The number of aliphatic hydroxyl groups excluding tert-OH is 1. The summed E-state index contributed by atoms with van der Waals surface area (Å²) in [5.74, 6) is 0.909. The Morgan fingerprint density at radius 3 is 2.46 bits per heavy atom. The third-order valence-corrected chi connectivity index (χ3v) is 4.10. The molecule has 26 heavy (non-hydrogen) atoms. The maximum atomic E-state index is 11.4. The zero-order valence-electron chi connectivity index (χ0n) is 16.5. The van der Waals surface area contributed by atoms with Gasteiger partial charge in [-0.05, 0) is 37.8 Å². The lowest BCUT2D eigenvalue weighted by Gasteiger charge is -2.22. The Morgan fingerprint density at radius 2 is 1.88 bits per heavy atom. The van der Waals surface area contributed by atoms with Gasteiger partial charge in [0.1, 0.15) is 12.7 Å². The second kappa shape index (κ2) is 11.7. The van der Waals surface area contributed by atoms with Gasteiger partial charge in [-0.1, -0.05) is 19.9 Å². The van der Waals surface area contributed by atoms with Crippen molar-refractivity contribution in [2.75, 3.05) is 54.1 Å². The fraction of sp³-hybridized carbons (Fsp3) is 0.632. The summed E-state index contributed by atoms with van der Waals surface area (Å²) >= 11 is 0. The van der Waals surface area contributed by atoms with Crippen molar-refractivity contribution < 1.29 is 24.1 Å². The Balaban J connectivity index is 2.69. The van der Waals surface area contributed by atoms with E-state index in [0.717, 1.165) is 18.7 Å². The van der Waals surface area contributed by atoms with Gasteiger partial charge >= 0.3 is 5.97 Å². The van der Waals surface area contributed by atoms with Crippen molar-refractivity contribution in [2.24, 2.45) is 0 Å². The van der Waals surface area contributed by atoms with Crippen LogP contribution in [0.15, 0.2) is 18.2 Å². The zero-order valence-corrected chi connectivity index (χ0v) is 16.5. The molecule has 0 unspecified atom stereocenters. The van der Waals surface area contributed by atoms with Crippen molar-refractivity contribution in [2.45, 2.75) is 26.5 Å². The van der Waals surface area contributed by atoms with E-state index in [9.17, 15) is 9.90 Å². The van der Waals surface area contributed by atoms with E-state index in [1.165, 1.54) is 7.11 Å². The minimum Gasteiger partial charge on any atom is -0.493 e. The molecule has 0 bridgehead atoms. The van der Waals surface area contributed by atoms with Crippen LogP contribution >= 0.6 is 0 Å². The number of aliphatic hydroxyl groups is 1. The van der Waals surface area contributed by atoms with Gasteiger partial charge in [0.05, 0.1) is 20.8 Å². The number of likely N-dealkylation sites (N-methyl/N-ethyl adjacent to an activating group) is 2. The highest BCUT2D eigenvalue weighted by atomic mass is 16.5. The first kappa shape index (κ1) is 22.2. The number of methoxy groups -OCH3 is 2. The van der Waals surface area contributed by atoms with Crippen molar-refractivity contribution in [3.05, 3.63) is 23.8 Å². The van der Waals surface area contributed by atoms with Crippen molar-refractivity contribution in [1.29, 1.82) is 0 Å². The first-order valence-electron chi connectivity index (χ1n) is 8.88. The highest BCUT2D eigenvalue weighted by Crippen LogP contribution is 2.28. The molecule has 148 valence electrons. The van der Waals surface area contributed by atoms with Gasteiger partial charge in [0.15, 0.2) is 11.5 Å². The summed E-state index contributed by atoms with van der Waals surface area (Å²) in [6.07, 6.45) is -0.578. The van der Waals surface area contributed by atoms with Crippen molar-refractivity contribution >= 4 is 5.97 Å². The standard InChI is InChI=1S/C19H32N2O5/c1-6-21(7-2)12-16(22)14-26-18-10-15(8-9-17(18)24-4)11-20(3)13-19(23)25-5/h8-10,16,22H,6-7,11-14H2,1-5H3/t16-/m1/s1. The minimum atomic E-state index is -0.578. The molecule has 0 spiro atoms. The lowest BCUT2D eigenvalue weighted by atomic mass is 10.2. The maximum Gasteiger partial charge on any atom is 0.319 e. The molecule has 0 radical (unpaired) electrons. The number of nitrogens with zero attached hydrogens (tertiary/aromatic N) is 2. The average Bonchev–Trinajstić information content (AvgIpc) is 2.64. The number of ether oxygens (including phenoxy) is 3. The van der Waals surface area contributed by atoms with Crippen LogP contribution in [-0.2, 0) is 16.1 Å². The van der Waals surface area contributed by atoms with Gasteiger partial charge in [-0.3, -0.25) is 9.69 Å². The minimum absolute atomic E-state index is 0.189. The Kier molecular flexibility index (Phi) is 10.0. The molecule has 0 saturated carbocycles. The first-order chi connectivity index (χ1) is 12.4. The fourth-order valence-corrected chi connectivity index (χ4v) is 2.60. The van der Waals surface area contributed by atoms with Crippen molar-refractivity contribution in [1.82, 2.24) is 9.80 Å². The Labute approximate surface area is 156 Å². The highest BCUT2D eigenvalue weighted by Gasteiger charge is 2.13. The molecule has 0 fully saturated rings. The van der Waals surface area contributed by atoms with E-state index >= 15 is 0 Å². The third kappa shape index (κ3) is 7.59. The Hall–Kier alpha value is -1.83. The zero-order chi connectivity index (χ0) is 19.5. The van der Waals surface area contributed by atoms with Gasteiger partial charge in [0.25, 0.3) is 0 Å². The molecule has 1 aromatic carbocycles. The molecule has 7 heteroatoms. The van der Waals surface area contributed by atoms with E-state index in [2.05, 4.69) is 23.5 Å². The van der Waals surface area contributed by atoms with Gasteiger partial charge in [-0.2, -0.15) is 0 Å². The Bertz CT molecular complexity index is 549. The van der Waals surface area contributed by atoms with Gasteiger partial charge in [-0.15, -0.1) is 0 Å². The van der Waals surface area contributed by atoms with Crippen LogP contribution in [0.3, 0.4) is 0 Å². The predicted molar refractivity (Wildman–Crippen MR) is 101 cm³/mol. The molecule has 0 aliphatic rings. The lowest BCUT2D eigenvalue weighted by molar-refractivity contribution is -0.141. The van der Waals surface area contributed by atoms with E-state index < -0.39 is 6.10 Å². The fourth-order valence-electron chi connectivity index (χ4n) is 2.60. The second-order valence-electron chi connectivity index (χ2n) is 6.18. The summed E-state index contributed by atoms with van der Waals surface area (Å²) in [4.78, 5) is 15.4. The number of carbonyl (C=O) groups is 1. The molecule has 0 aromatic heterocycles. The molecular formula is C19H32N2O5. The molecule has 0 heterocycles. The van der Waals surface area contributed by atoms with E-state index in [0.29, 0.717) is 24.6 Å². The largest absolute Gasteiger partial charge is 0.493 e. The number of rotatable bonds is 12. The highest BCUT2D eigenvalue weighted by molar-refractivity contribution is 5.71. The smallest absolute Gasteiger partial charge is 0.319 e. The van der Waals surface area contributed by atoms with Gasteiger partial charge in [0, 0.05) is 13.1 Å². The second-order valence-corrected chi connectivity index (χ2v) is 6.18. The monoisotopic (exact) mass is 368 g/mol. The van der Waals surface area contributed by atoms with E-state index in [4.69, 9.17) is 9.47 Å². The van der Waals surface area contributed by atoms with Gasteiger partial charge in [-0.25, -0.2) is 0 Å². The van der Waals surface area contributed by atoms with Crippen molar-refractivity contribution in [3.63, 3.8) is 0 Å². The molecule has 0 aliphatic heterocycles. The average molecular weight is 368 g/mol. The van der Waals surface area contributed by atoms with Crippen LogP contribution in [0.2, 0.25) is 0 Å². The molecule has 0 saturated heterocycles. The third-order valence-electron chi connectivity index (χ3n) is 4.10.